The SMILES string of the molecule is COCC1(CNC(=O)c2ccc(OC)cc2)CCNCC1. The van der Waals surface area contributed by atoms with Crippen LogP contribution in [0.1, 0.15) is 23.2 Å². The van der Waals surface area contributed by atoms with Crippen LogP contribution in [0.25, 0.3) is 0 Å². The number of methoxy groups -OCH3 is 2. The average Bonchev–Trinajstić information content (AvgIpc) is 2.54. The lowest BCUT2D eigenvalue weighted by atomic mass is 9.79. The molecule has 1 amide bonds. The van der Waals surface area contributed by atoms with Crippen LogP contribution in [-0.4, -0.2) is 46.4 Å². The highest BCUT2D eigenvalue weighted by Gasteiger charge is 2.32. The van der Waals surface area contributed by atoms with Gasteiger partial charge >= 0.3 is 0 Å². The Kier molecular flexibility index (Phi) is 5.59. The summed E-state index contributed by atoms with van der Waals surface area (Å²) < 4.78 is 10.5. The van der Waals surface area contributed by atoms with Gasteiger partial charge in [-0.05, 0) is 50.2 Å². The van der Waals surface area contributed by atoms with Crippen LogP contribution >= 0.6 is 0 Å². The van der Waals surface area contributed by atoms with E-state index < -0.39 is 0 Å². The van der Waals surface area contributed by atoms with Crippen molar-refractivity contribution in [3.63, 3.8) is 0 Å². The van der Waals surface area contributed by atoms with E-state index in [0.29, 0.717) is 18.7 Å². The van der Waals surface area contributed by atoms with E-state index in [4.69, 9.17) is 9.47 Å². The number of amides is 1. The molecule has 116 valence electrons. The minimum atomic E-state index is -0.0494. The Balaban J connectivity index is 1.94. The molecular formula is C16H24N2O3. The highest BCUT2D eigenvalue weighted by atomic mass is 16.5. The molecule has 0 radical (unpaired) electrons. The third-order valence-corrected chi connectivity index (χ3v) is 4.09. The highest BCUT2D eigenvalue weighted by Crippen LogP contribution is 2.28. The fraction of sp³-hybridized carbons (Fsp3) is 0.562. The van der Waals surface area contributed by atoms with E-state index in [1.54, 1.807) is 38.5 Å². The maximum absolute atomic E-state index is 12.2. The minimum absolute atomic E-state index is 0.0438. The second kappa shape index (κ2) is 7.43. The lowest BCUT2D eigenvalue weighted by Gasteiger charge is -2.37. The van der Waals surface area contributed by atoms with Crippen molar-refractivity contribution in [3.05, 3.63) is 29.8 Å². The van der Waals surface area contributed by atoms with Gasteiger partial charge < -0.3 is 20.1 Å². The topological polar surface area (TPSA) is 59.6 Å². The fourth-order valence-corrected chi connectivity index (χ4v) is 2.75. The van der Waals surface area contributed by atoms with Gasteiger partial charge in [0, 0.05) is 24.6 Å². The number of nitrogens with one attached hydrogen (secondary N) is 2. The molecule has 5 nitrogen and oxygen atoms in total. The number of carbonyl (C=O) groups excluding carboxylic acids is 1. The molecule has 0 aromatic heterocycles. The largest absolute Gasteiger partial charge is 0.497 e. The minimum Gasteiger partial charge on any atom is -0.497 e. The molecule has 0 aliphatic carbocycles. The summed E-state index contributed by atoms with van der Waals surface area (Å²) in [6.45, 7) is 3.27. The molecule has 1 saturated heterocycles. The molecule has 0 bridgehead atoms. The van der Waals surface area contributed by atoms with Gasteiger partial charge in [0.2, 0.25) is 0 Å². The number of carbonyl (C=O) groups is 1. The van der Waals surface area contributed by atoms with Gasteiger partial charge in [-0.2, -0.15) is 0 Å². The molecule has 21 heavy (non-hydrogen) atoms. The number of ether oxygens (including phenoxy) is 2. The Hall–Kier alpha value is -1.59. The van der Waals surface area contributed by atoms with Crippen molar-refractivity contribution in [3.8, 4) is 5.75 Å². The summed E-state index contributed by atoms with van der Waals surface area (Å²) in [5, 5.41) is 6.39. The number of benzene rings is 1. The standard InChI is InChI=1S/C16H24N2O3/c1-20-12-16(7-9-17-10-8-16)11-18-15(19)13-3-5-14(21-2)6-4-13/h3-6,17H,7-12H2,1-2H3,(H,18,19). The second-order valence-corrected chi connectivity index (χ2v) is 5.59. The first kappa shape index (κ1) is 15.8. The maximum Gasteiger partial charge on any atom is 0.251 e. The van der Waals surface area contributed by atoms with Crippen molar-refractivity contribution in [1.29, 1.82) is 0 Å². The van der Waals surface area contributed by atoms with Crippen LogP contribution in [0.4, 0.5) is 0 Å². The number of piperidine rings is 1. The van der Waals surface area contributed by atoms with Crippen molar-refractivity contribution in [1.82, 2.24) is 10.6 Å². The zero-order chi connectivity index (χ0) is 15.1. The van der Waals surface area contributed by atoms with E-state index in [0.717, 1.165) is 31.7 Å². The van der Waals surface area contributed by atoms with Crippen molar-refractivity contribution < 1.29 is 14.3 Å². The van der Waals surface area contributed by atoms with E-state index in [9.17, 15) is 4.79 Å². The molecule has 2 rings (SSSR count). The van der Waals surface area contributed by atoms with Crippen LogP contribution in [0, 0.1) is 5.41 Å². The lowest BCUT2D eigenvalue weighted by molar-refractivity contribution is 0.0512. The number of hydrogen-bond acceptors (Lipinski definition) is 4. The molecule has 0 atom stereocenters. The molecular weight excluding hydrogens is 268 g/mol. The van der Waals surface area contributed by atoms with Gasteiger partial charge in [-0.3, -0.25) is 4.79 Å². The molecule has 1 fully saturated rings. The molecule has 1 aliphatic rings. The van der Waals surface area contributed by atoms with Crippen molar-refractivity contribution in [2.24, 2.45) is 5.41 Å². The first-order valence-electron chi connectivity index (χ1n) is 7.31. The Morgan fingerprint density at radius 3 is 2.48 bits per heavy atom. The third kappa shape index (κ3) is 4.19. The molecule has 0 saturated carbocycles. The van der Waals surface area contributed by atoms with Crippen molar-refractivity contribution in [2.75, 3.05) is 40.5 Å². The summed E-state index contributed by atoms with van der Waals surface area (Å²) >= 11 is 0. The van der Waals surface area contributed by atoms with E-state index >= 15 is 0 Å². The normalized spacial score (nSPS) is 17.2. The summed E-state index contributed by atoms with van der Waals surface area (Å²) in [4.78, 5) is 12.2. The molecule has 0 unspecified atom stereocenters. The van der Waals surface area contributed by atoms with Gasteiger partial charge in [0.05, 0.1) is 13.7 Å². The number of hydrogen-bond donors (Lipinski definition) is 2. The predicted octanol–water partition coefficient (Wildman–Crippen LogP) is 1.44. The summed E-state index contributed by atoms with van der Waals surface area (Å²) in [6, 6.07) is 7.15. The molecule has 5 heteroatoms. The summed E-state index contributed by atoms with van der Waals surface area (Å²) in [7, 11) is 3.33. The van der Waals surface area contributed by atoms with Gasteiger partial charge in [-0.25, -0.2) is 0 Å². The Bertz CT molecular complexity index is 448. The zero-order valence-corrected chi connectivity index (χ0v) is 12.8. The van der Waals surface area contributed by atoms with E-state index in [1.165, 1.54) is 0 Å². The van der Waals surface area contributed by atoms with Crippen LogP contribution in [0.2, 0.25) is 0 Å². The monoisotopic (exact) mass is 292 g/mol. The van der Waals surface area contributed by atoms with Crippen LogP contribution in [0.15, 0.2) is 24.3 Å². The second-order valence-electron chi connectivity index (χ2n) is 5.59. The smallest absolute Gasteiger partial charge is 0.251 e. The predicted molar refractivity (Wildman–Crippen MR) is 81.7 cm³/mol. The lowest BCUT2D eigenvalue weighted by Crippen LogP contribution is -2.47. The van der Waals surface area contributed by atoms with Crippen molar-refractivity contribution in [2.45, 2.75) is 12.8 Å². The Labute approximate surface area is 126 Å². The molecule has 1 aliphatic heterocycles. The summed E-state index contributed by atoms with van der Waals surface area (Å²) in [6.07, 6.45) is 2.04. The van der Waals surface area contributed by atoms with Gasteiger partial charge in [-0.15, -0.1) is 0 Å². The van der Waals surface area contributed by atoms with E-state index in [2.05, 4.69) is 10.6 Å². The van der Waals surface area contributed by atoms with Gasteiger partial charge in [0.15, 0.2) is 0 Å². The Morgan fingerprint density at radius 1 is 1.24 bits per heavy atom. The fourth-order valence-electron chi connectivity index (χ4n) is 2.75. The van der Waals surface area contributed by atoms with Crippen LogP contribution < -0.4 is 15.4 Å². The molecule has 2 N–H and O–H groups in total. The molecule has 1 aromatic rings. The van der Waals surface area contributed by atoms with Gasteiger partial charge in [-0.1, -0.05) is 0 Å². The summed E-state index contributed by atoms with van der Waals surface area (Å²) in [5.41, 5.74) is 0.694. The molecule has 1 aromatic carbocycles. The quantitative estimate of drug-likeness (QED) is 0.833. The maximum atomic E-state index is 12.2. The van der Waals surface area contributed by atoms with E-state index in [1.807, 2.05) is 0 Å². The third-order valence-electron chi connectivity index (χ3n) is 4.09. The zero-order valence-electron chi connectivity index (χ0n) is 12.8. The Morgan fingerprint density at radius 2 is 1.90 bits per heavy atom. The van der Waals surface area contributed by atoms with Crippen LogP contribution in [-0.2, 0) is 4.74 Å². The van der Waals surface area contributed by atoms with Crippen molar-refractivity contribution >= 4 is 5.91 Å². The van der Waals surface area contributed by atoms with E-state index in [-0.39, 0.29) is 11.3 Å². The average molecular weight is 292 g/mol. The van der Waals surface area contributed by atoms with Crippen LogP contribution in [0.3, 0.4) is 0 Å². The number of rotatable bonds is 6. The van der Waals surface area contributed by atoms with Gasteiger partial charge in [0.1, 0.15) is 5.75 Å². The molecule has 0 spiro atoms. The molecule has 1 heterocycles. The van der Waals surface area contributed by atoms with Crippen LogP contribution in [0.5, 0.6) is 5.75 Å². The first-order chi connectivity index (χ1) is 10.2. The summed E-state index contributed by atoms with van der Waals surface area (Å²) in [5.74, 6) is 0.701. The van der Waals surface area contributed by atoms with Gasteiger partial charge in [0.25, 0.3) is 5.91 Å². The highest BCUT2D eigenvalue weighted by molar-refractivity contribution is 5.94. The first-order valence-corrected chi connectivity index (χ1v) is 7.31.